The van der Waals surface area contributed by atoms with Gasteiger partial charge in [-0.1, -0.05) is 0 Å². The summed E-state index contributed by atoms with van der Waals surface area (Å²) < 4.78 is 0. The van der Waals surface area contributed by atoms with E-state index in [-0.39, 0.29) is 12.3 Å². The number of hydrogen-bond donors (Lipinski definition) is 1. The number of carbonyl (C=O) groups is 2. The highest BCUT2D eigenvalue weighted by molar-refractivity contribution is 5.96. The quantitative estimate of drug-likeness (QED) is 0.418. The molecule has 0 spiro atoms. The van der Waals surface area contributed by atoms with Crippen molar-refractivity contribution in [3.8, 4) is 0 Å². The van der Waals surface area contributed by atoms with Crippen LogP contribution in [0.15, 0.2) is 0 Å². The lowest BCUT2D eigenvalue weighted by Crippen LogP contribution is -2.36. The minimum Gasteiger partial charge on any atom is -0.369 e. The third-order valence-electron chi connectivity index (χ3n) is 3.24. The number of primary amides is 1. The van der Waals surface area contributed by atoms with Crippen LogP contribution in [-0.2, 0) is 9.59 Å². The van der Waals surface area contributed by atoms with Gasteiger partial charge in [0.2, 0.25) is 11.8 Å². The number of carbonyl (C=O) groups excluding carboxylic acids is 2. The van der Waals surface area contributed by atoms with Crippen LogP contribution in [0, 0.1) is 0 Å². The molecule has 0 saturated carbocycles. The SMILES string of the molecule is CN(C)CCCCN(CCCCN(C)C)C(=O)CC(N)=O. The molecule has 0 aliphatic carbocycles. The van der Waals surface area contributed by atoms with Gasteiger partial charge in [-0.3, -0.25) is 9.59 Å². The Hall–Kier alpha value is -1.14. The van der Waals surface area contributed by atoms with Crippen molar-refractivity contribution in [2.45, 2.75) is 32.1 Å². The van der Waals surface area contributed by atoms with E-state index in [1.54, 1.807) is 4.90 Å². The van der Waals surface area contributed by atoms with Crippen molar-refractivity contribution in [1.82, 2.24) is 14.7 Å². The maximum atomic E-state index is 12.0. The zero-order chi connectivity index (χ0) is 16.3. The molecule has 0 aromatic rings. The van der Waals surface area contributed by atoms with Crippen molar-refractivity contribution in [1.29, 1.82) is 0 Å². The summed E-state index contributed by atoms with van der Waals surface area (Å²) in [6, 6.07) is 0. The van der Waals surface area contributed by atoms with Crippen molar-refractivity contribution in [2.24, 2.45) is 5.73 Å². The molecule has 0 unspecified atom stereocenters. The van der Waals surface area contributed by atoms with Gasteiger partial charge in [0.25, 0.3) is 0 Å². The van der Waals surface area contributed by atoms with Crippen molar-refractivity contribution < 1.29 is 9.59 Å². The second-order valence-corrected chi connectivity index (χ2v) is 6.04. The van der Waals surface area contributed by atoms with Crippen LogP contribution in [0.3, 0.4) is 0 Å². The van der Waals surface area contributed by atoms with Gasteiger partial charge in [0.15, 0.2) is 0 Å². The fraction of sp³-hybridized carbons (Fsp3) is 0.867. The molecule has 0 saturated heterocycles. The van der Waals surface area contributed by atoms with E-state index in [1.807, 2.05) is 28.2 Å². The first-order chi connectivity index (χ1) is 9.82. The van der Waals surface area contributed by atoms with Gasteiger partial charge in [-0.2, -0.15) is 0 Å². The first-order valence-corrected chi connectivity index (χ1v) is 7.68. The van der Waals surface area contributed by atoms with Crippen molar-refractivity contribution in [2.75, 3.05) is 54.4 Å². The monoisotopic (exact) mass is 300 g/mol. The summed E-state index contributed by atoms with van der Waals surface area (Å²) >= 11 is 0. The third kappa shape index (κ3) is 12.3. The van der Waals surface area contributed by atoms with Crippen LogP contribution in [0.4, 0.5) is 0 Å². The summed E-state index contributed by atoms with van der Waals surface area (Å²) in [6.07, 6.45) is 3.82. The van der Waals surface area contributed by atoms with Crippen molar-refractivity contribution in [3.63, 3.8) is 0 Å². The number of nitrogens with two attached hydrogens (primary N) is 1. The molecule has 6 nitrogen and oxygen atoms in total. The minimum absolute atomic E-state index is 0.141. The Kier molecular flexibility index (Phi) is 10.9. The molecule has 0 aromatic heterocycles. The van der Waals surface area contributed by atoms with Gasteiger partial charge in [-0.05, 0) is 67.0 Å². The average Bonchev–Trinajstić information content (AvgIpc) is 2.35. The second-order valence-electron chi connectivity index (χ2n) is 6.04. The van der Waals surface area contributed by atoms with Gasteiger partial charge in [0, 0.05) is 13.1 Å². The molecule has 6 heteroatoms. The molecule has 124 valence electrons. The molecule has 0 aliphatic rings. The van der Waals surface area contributed by atoms with Crippen LogP contribution in [0.5, 0.6) is 0 Å². The largest absolute Gasteiger partial charge is 0.369 e. The minimum atomic E-state index is -0.549. The first-order valence-electron chi connectivity index (χ1n) is 7.68. The van der Waals surface area contributed by atoms with E-state index in [0.29, 0.717) is 13.1 Å². The van der Waals surface area contributed by atoms with Gasteiger partial charge >= 0.3 is 0 Å². The highest BCUT2D eigenvalue weighted by Crippen LogP contribution is 2.03. The van der Waals surface area contributed by atoms with E-state index in [1.165, 1.54) is 0 Å². The van der Waals surface area contributed by atoms with E-state index in [2.05, 4.69) is 9.80 Å². The third-order valence-corrected chi connectivity index (χ3v) is 3.24. The van der Waals surface area contributed by atoms with E-state index in [0.717, 1.165) is 38.8 Å². The van der Waals surface area contributed by atoms with Crippen molar-refractivity contribution in [3.05, 3.63) is 0 Å². The summed E-state index contributed by atoms with van der Waals surface area (Å²) in [5.74, 6) is -0.691. The van der Waals surface area contributed by atoms with E-state index >= 15 is 0 Å². The molecule has 21 heavy (non-hydrogen) atoms. The highest BCUT2D eigenvalue weighted by atomic mass is 16.2. The lowest BCUT2D eigenvalue weighted by atomic mass is 10.2. The topological polar surface area (TPSA) is 69.9 Å². The lowest BCUT2D eigenvalue weighted by Gasteiger charge is -2.23. The van der Waals surface area contributed by atoms with Crippen LogP contribution >= 0.6 is 0 Å². The van der Waals surface area contributed by atoms with Gasteiger partial charge in [-0.25, -0.2) is 0 Å². The summed E-state index contributed by atoms with van der Waals surface area (Å²) in [4.78, 5) is 29.0. The Labute approximate surface area is 129 Å². The molecule has 0 fully saturated rings. The number of unbranched alkanes of at least 4 members (excludes halogenated alkanes) is 2. The zero-order valence-electron chi connectivity index (χ0n) is 14.1. The summed E-state index contributed by atoms with van der Waals surface area (Å²) in [7, 11) is 8.16. The maximum absolute atomic E-state index is 12.0. The van der Waals surface area contributed by atoms with Gasteiger partial charge in [0.05, 0.1) is 0 Å². The van der Waals surface area contributed by atoms with E-state index < -0.39 is 5.91 Å². The van der Waals surface area contributed by atoms with Crippen molar-refractivity contribution >= 4 is 11.8 Å². The average molecular weight is 300 g/mol. The predicted molar refractivity (Wildman–Crippen MR) is 86.0 cm³/mol. The standard InChI is InChI=1S/C15H32N4O2/c1-17(2)9-5-7-11-19(15(21)13-14(16)20)12-8-6-10-18(3)4/h5-13H2,1-4H3,(H2,16,20). The highest BCUT2D eigenvalue weighted by Gasteiger charge is 2.15. The Morgan fingerprint density at radius 2 is 1.14 bits per heavy atom. The molecule has 0 atom stereocenters. The molecular weight excluding hydrogens is 268 g/mol. The fourth-order valence-electron chi connectivity index (χ4n) is 2.08. The Morgan fingerprint density at radius 3 is 1.48 bits per heavy atom. The van der Waals surface area contributed by atoms with Crippen LogP contribution in [0.25, 0.3) is 0 Å². The Bertz CT molecular complexity index is 290. The van der Waals surface area contributed by atoms with Crippen LogP contribution in [0.1, 0.15) is 32.1 Å². The summed E-state index contributed by atoms with van der Waals surface area (Å²) in [5, 5.41) is 0. The Balaban J connectivity index is 4.14. The molecule has 0 bridgehead atoms. The zero-order valence-corrected chi connectivity index (χ0v) is 14.1. The number of amides is 2. The first kappa shape index (κ1) is 19.9. The van der Waals surface area contributed by atoms with Gasteiger partial charge < -0.3 is 20.4 Å². The second kappa shape index (κ2) is 11.5. The predicted octanol–water partition coefficient (Wildman–Crippen LogP) is 0.374. The molecule has 0 radical (unpaired) electrons. The molecule has 2 amide bonds. The fourth-order valence-corrected chi connectivity index (χ4v) is 2.08. The molecule has 0 rings (SSSR count). The van der Waals surface area contributed by atoms with Gasteiger partial charge in [0.1, 0.15) is 6.42 Å². The van der Waals surface area contributed by atoms with Crippen LogP contribution in [0.2, 0.25) is 0 Å². The van der Waals surface area contributed by atoms with E-state index in [4.69, 9.17) is 5.73 Å². The maximum Gasteiger partial charge on any atom is 0.231 e. The molecule has 0 heterocycles. The summed E-state index contributed by atoms with van der Waals surface area (Å²) in [5.41, 5.74) is 5.12. The smallest absolute Gasteiger partial charge is 0.231 e. The summed E-state index contributed by atoms with van der Waals surface area (Å²) in [6.45, 7) is 3.45. The number of hydrogen-bond acceptors (Lipinski definition) is 4. The molecule has 2 N–H and O–H groups in total. The van der Waals surface area contributed by atoms with Crippen LogP contribution in [-0.4, -0.2) is 80.9 Å². The van der Waals surface area contributed by atoms with Gasteiger partial charge in [-0.15, -0.1) is 0 Å². The normalized spacial score (nSPS) is 11.1. The van der Waals surface area contributed by atoms with Crippen LogP contribution < -0.4 is 5.73 Å². The molecule has 0 aromatic carbocycles. The Morgan fingerprint density at radius 1 is 0.762 bits per heavy atom. The lowest BCUT2D eigenvalue weighted by molar-refractivity contribution is -0.135. The molecular formula is C15H32N4O2. The number of nitrogens with zero attached hydrogens (tertiary/aromatic N) is 3. The van der Waals surface area contributed by atoms with E-state index in [9.17, 15) is 9.59 Å². The molecule has 0 aliphatic heterocycles. The number of rotatable bonds is 12.